The molecule has 2 rings (SSSR count). The van der Waals surface area contributed by atoms with Gasteiger partial charge in [-0.1, -0.05) is 27.5 Å². The quantitative estimate of drug-likeness (QED) is 0.695. The molecule has 0 spiro atoms. The largest absolute Gasteiger partial charge is 0.288 e. The van der Waals surface area contributed by atoms with E-state index in [1.165, 1.54) is 12.1 Å². The average Bonchev–Trinajstić information content (AvgIpc) is 2.36. The highest BCUT2D eigenvalue weighted by Crippen LogP contribution is 2.25. The Hall–Kier alpha value is -1.19. The summed E-state index contributed by atoms with van der Waals surface area (Å²) in [4.78, 5) is 12.4. The summed E-state index contributed by atoms with van der Waals surface area (Å²) in [5, 5.41) is 0.340. The van der Waals surface area contributed by atoms with Crippen LogP contribution in [-0.4, -0.2) is 5.78 Å². The Balaban J connectivity index is 2.56. The number of rotatable bonds is 2. The van der Waals surface area contributed by atoms with Crippen molar-refractivity contribution in [3.05, 3.63) is 67.9 Å². The van der Waals surface area contributed by atoms with Gasteiger partial charge in [-0.2, -0.15) is 0 Å². The van der Waals surface area contributed by atoms with Crippen molar-refractivity contribution in [2.75, 3.05) is 0 Å². The van der Waals surface area contributed by atoms with Gasteiger partial charge >= 0.3 is 0 Å². The minimum atomic E-state index is -0.553. The fourth-order valence-electron chi connectivity index (χ4n) is 1.77. The number of ketones is 1. The third-order valence-corrected chi connectivity index (χ3v) is 3.81. The SMILES string of the molecule is Cc1cc(Cl)c(C(=O)c2cc(Br)ccc2F)cc1C. The summed E-state index contributed by atoms with van der Waals surface area (Å²) in [6.45, 7) is 3.80. The number of aryl methyl sites for hydroxylation is 2. The van der Waals surface area contributed by atoms with E-state index < -0.39 is 11.6 Å². The van der Waals surface area contributed by atoms with Gasteiger partial charge in [0.1, 0.15) is 5.82 Å². The molecule has 0 bridgehead atoms. The first-order valence-electron chi connectivity index (χ1n) is 5.66. The average molecular weight is 342 g/mol. The van der Waals surface area contributed by atoms with E-state index in [-0.39, 0.29) is 5.56 Å². The summed E-state index contributed by atoms with van der Waals surface area (Å²) in [5.74, 6) is -0.964. The van der Waals surface area contributed by atoms with E-state index >= 15 is 0 Å². The van der Waals surface area contributed by atoms with Crippen LogP contribution in [0, 0.1) is 19.7 Å². The first kappa shape index (κ1) is 14.2. The molecule has 2 aromatic carbocycles. The third-order valence-electron chi connectivity index (χ3n) is 3.00. The Morgan fingerprint density at radius 2 is 1.74 bits per heavy atom. The summed E-state index contributed by atoms with van der Waals surface area (Å²) in [7, 11) is 0. The predicted octanol–water partition coefficient (Wildman–Crippen LogP) is 5.09. The number of hydrogen-bond donors (Lipinski definition) is 0. The highest BCUT2D eigenvalue weighted by atomic mass is 79.9. The molecule has 0 heterocycles. The second kappa shape index (κ2) is 5.43. The molecule has 0 radical (unpaired) electrons. The highest BCUT2D eigenvalue weighted by molar-refractivity contribution is 9.10. The van der Waals surface area contributed by atoms with Crippen LogP contribution in [0.4, 0.5) is 4.39 Å². The van der Waals surface area contributed by atoms with E-state index in [1.807, 2.05) is 13.8 Å². The summed E-state index contributed by atoms with van der Waals surface area (Å²) < 4.78 is 14.4. The van der Waals surface area contributed by atoms with Crippen molar-refractivity contribution < 1.29 is 9.18 Å². The lowest BCUT2D eigenvalue weighted by Crippen LogP contribution is -2.06. The topological polar surface area (TPSA) is 17.1 Å². The number of halogens is 3. The second-order valence-electron chi connectivity index (χ2n) is 4.37. The lowest BCUT2D eigenvalue weighted by Gasteiger charge is -2.08. The number of carbonyl (C=O) groups is 1. The molecule has 0 saturated heterocycles. The summed E-state index contributed by atoms with van der Waals surface area (Å²) in [6, 6.07) is 7.68. The first-order chi connectivity index (χ1) is 8.90. The monoisotopic (exact) mass is 340 g/mol. The smallest absolute Gasteiger partial charge is 0.197 e. The molecule has 4 heteroatoms. The maximum atomic E-state index is 13.7. The van der Waals surface area contributed by atoms with Gasteiger partial charge < -0.3 is 0 Å². The minimum absolute atomic E-state index is 0.0135. The van der Waals surface area contributed by atoms with Gasteiger partial charge in [0.25, 0.3) is 0 Å². The van der Waals surface area contributed by atoms with Gasteiger partial charge in [0.05, 0.1) is 10.6 Å². The zero-order valence-electron chi connectivity index (χ0n) is 10.4. The molecule has 0 aliphatic rings. The van der Waals surface area contributed by atoms with Crippen LogP contribution in [0.15, 0.2) is 34.8 Å². The Morgan fingerprint density at radius 3 is 2.42 bits per heavy atom. The van der Waals surface area contributed by atoms with E-state index in [2.05, 4.69) is 15.9 Å². The van der Waals surface area contributed by atoms with Gasteiger partial charge in [-0.05, 0) is 55.3 Å². The standard InChI is InChI=1S/C15H11BrClFO/c1-8-5-11(13(17)6-9(8)2)15(19)12-7-10(16)3-4-14(12)18/h3-7H,1-2H3. The normalized spacial score (nSPS) is 10.6. The van der Waals surface area contributed by atoms with Gasteiger partial charge in [-0.25, -0.2) is 4.39 Å². The molecule has 19 heavy (non-hydrogen) atoms. The fourth-order valence-corrected chi connectivity index (χ4v) is 2.44. The van der Waals surface area contributed by atoms with Crippen LogP contribution >= 0.6 is 27.5 Å². The summed E-state index contributed by atoms with van der Waals surface area (Å²) in [5.41, 5.74) is 2.28. The molecule has 0 aromatic heterocycles. The maximum absolute atomic E-state index is 13.7. The minimum Gasteiger partial charge on any atom is -0.288 e. The van der Waals surface area contributed by atoms with Gasteiger partial charge in [0.15, 0.2) is 5.78 Å². The molecular formula is C15H11BrClFO. The molecule has 0 amide bonds. The van der Waals surface area contributed by atoms with Crippen LogP contribution < -0.4 is 0 Å². The van der Waals surface area contributed by atoms with Crippen LogP contribution in [0.1, 0.15) is 27.0 Å². The van der Waals surface area contributed by atoms with Crippen molar-refractivity contribution in [2.24, 2.45) is 0 Å². The van der Waals surface area contributed by atoms with Crippen molar-refractivity contribution in [3.8, 4) is 0 Å². The van der Waals surface area contributed by atoms with E-state index in [0.29, 0.717) is 15.1 Å². The Morgan fingerprint density at radius 1 is 1.11 bits per heavy atom. The van der Waals surface area contributed by atoms with E-state index in [4.69, 9.17) is 11.6 Å². The van der Waals surface area contributed by atoms with Crippen LogP contribution in [0.3, 0.4) is 0 Å². The van der Waals surface area contributed by atoms with Crippen molar-refractivity contribution in [1.82, 2.24) is 0 Å². The van der Waals surface area contributed by atoms with Crippen molar-refractivity contribution >= 4 is 33.3 Å². The Bertz CT molecular complexity index is 667. The van der Waals surface area contributed by atoms with Crippen LogP contribution in [0.5, 0.6) is 0 Å². The molecule has 98 valence electrons. The number of hydrogen-bond acceptors (Lipinski definition) is 1. The molecule has 0 saturated carbocycles. The molecule has 2 aromatic rings. The Labute approximate surface area is 124 Å². The molecule has 0 N–H and O–H groups in total. The Kier molecular flexibility index (Phi) is 4.07. The highest BCUT2D eigenvalue weighted by Gasteiger charge is 2.18. The molecular weight excluding hydrogens is 331 g/mol. The molecule has 0 aliphatic carbocycles. The predicted molar refractivity (Wildman–Crippen MR) is 78.5 cm³/mol. The van der Waals surface area contributed by atoms with Crippen LogP contribution in [-0.2, 0) is 0 Å². The van der Waals surface area contributed by atoms with Gasteiger partial charge in [-0.3, -0.25) is 4.79 Å². The van der Waals surface area contributed by atoms with E-state index in [1.54, 1.807) is 18.2 Å². The second-order valence-corrected chi connectivity index (χ2v) is 5.69. The number of carbonyl (C=O) groups excluding carboxylic acids is 1. The van der Waals surface area contributed by atoms with Crippen molar-refractivity contribution in [2.45, 2.75) is 13.8 Å². The van der Waals surface area contributed by atoms with Crippen LogP contribution in [0.25, 0.3) is 0 Å². The fraction of sp³-hybridized carbons (Fsp3) is 0.133. The zero-order chi connectivity index (χ0) is 14.2. The van der Waals surface area contributed by atoms with E-state index in [9.17, 15) is 9.18 Å². The molecule has 0 fully saturated rings. The summed E-state index contributed by atoms with van der Waals surface area (Å²) >= 11 is 9.31. The summed E-state index contributed by atoms with van der Waals surface area (Å²) in [6.07, 6.45) is 0. The van der Waals surface area contributed by atoms with Crippen LogP contribution in [0.2, 0.25) is 5.02 Å². The zero-order valence-corrected chi connectivity index (χ0v) is 12.8. The first-order valence-corrected chi connectivity index (χ1v) is 6.83. The van der Waals surface area contributed by atoms with Crippen molar-refractivity contribution in [3.63, 3.8) is 0 Å². The van der Waals surface area contributed by atoms with Gasteiger partial charge in [-0.15, -0.1) is 0 Å². The van der Waals surface area contributed by atoms with Crippen molar-refractivity contribution in [1.29, 1.82) is 0 Å². The molecule has 0 aliphatic heterocycles. The maximum Gasteiger partial charge on any atom is 0.197 e. The molecule has 1 nitrogen and oxygen atoms in total. The van der Waals surface area contributed by atoms with Gasteiger partial charge in [0.2, 0.25) is 0 Å². The lowest BCUT2D eigenvalue weighted by molar-refractivity contribution is 0.103. The number of benzene rings is 2. The molecule has 0 atom stereocenters. The van der Waals surface area contributed by atoms with Gasteiger partial charge in [0, 0.05) is 10.0 Å². The lowest BCUT2D eigenvalue weighted by atomic mass is 9.99. The van der Waals surface area contributed by atoms with E-state index in [0.717, 1.165) is 11.1 Å². The molecule has 0 unspecified atom stereocenters. The third kappa shape index (κ3) is 2.88.